The molecule has 1 aromatic carbocycles. The van der Waals surface area contributed by atoms with Gasteiger partial charge in [-0.05, 0) is 50.1 Å². The number of rotatable bonds is 5. The monoisotopic (exact) mass is 439 g/mol. The highest BCUT2D eigenvalue weighted by Crippen LogP contribution is 2.34. The number of benzene rings is 1. The lowest BCUT2D eigenvalue weighted by Gasteiger charge is -2.06. The molecule has 2 aromatic heterocycles. The van der Waals surface area contributed by atoms with E-state index in [0.29, 0.717) is 4.90 Å². The summed E-state index contributed by atoms with van der Waals surface area (Å²) in [6.07, 6.45) is 0. The number of H-pyrrole nitrogens is 1. The average molecular weight is 440 g/mol. The fourth-order valence-corrected chi connectivity index (χ4v) is 5.58. The third kappa shape index (κ3) is 3.87. The maximum absolute atomic E-state index is 12.7. The summed E-state index contributed by atoms with van der Waals surface area (Å²) in [6, 6.07) is 9.26. The van der Waals surface area contributed by atoms with Crippen LogP contribution in [0.25, 0.3) is 10.6 Å². The summed E-state index contributed by atoms with van der Waals surface area (Å²) in [6.45, 7) is 5.98. The highest BCUT2D eigenvalue weighted by atomic mass is 79.9. The Balaban J connectivity index is 1.86. The number of hydrogen-bond donors (Lipinski definition) is 2. The van der Waals surface area contributed by atoms with E-state index in [2.05, 4.69) is 30.8 Å². The second kappa shape index (κ2) is 7.03. The first-order chi connectivity index (χ1) is 11.8. The first-order valence-electron chi connectivity index (χ1n) is 7.64. The Morgan fingerprint density at radius 3 is 2.64 bits per heavy atom. The van der Waals surface area contributed by atoms with Crippen LogP contribution in [0.3, 0.4) is 0 Å². The molecule has 0 fully saturated rings. The third-order valence-electron chi connectivity index (χ3n) is 4.00. The van der Waals surface area contributed by atoms with Crippen LogP contribution in [0.5, 0.6) is 0 Å². The summed E-state index contributed by atoms with van der Waals surface area (Å²) in [5.41, 5.74) is 3.72. The molecule has 0 unspecified atom stereocenters. The fourth-order valence-electron chi connectivity index (χ4n) is 2.48. The second-order valence-electron chi connectivity index (χ2n) is 5.81. The van der Waals surface area contributed by atoms with Gasteiger partial charge in [-0.2, -0.15) is 5.10 Å². The zero-order chi connectivity index (χ0) is 18.2. The smallest absolute Gasteiger partial charge is 0.241 e. The van der Waals surface area contributed by atoms with Crippen LogP contribution in [0.4, 0.5) is 0 Å². The molecule has 0 saturated heterocycles. The molecule has 0 spiro atoms. The maximum Gasteiger partial charge on any atom is 0.241 e. The quantitative estimate of drug-likeness (QED) is 0.621. The Kier molecular flexibility index (Phi) is 5.15. The van der Waals surface area contributed by atoms with Crippen LogP contribution in [0, 0.1) is 20.8 Å². The molecular weight excluding hydrogens is 422 g/mol. The number of hydrogen-bond acceptors (Lipinski definition) is 4. The molecule has 2 heterocycles. The van der Waals surface area contributed by atoms with Crippen molar-refractivity contribution in [3.63, 3.8) is 0 Å². The van der Waals surface area contributed by atoms with Gasteiger partial charge in [0.05, 0.1) is 9.77 Å². The zero-order valence-corrected chi connectivity index (χ0v) is 17.3. The number of thiophene rings is 1. The molecule has 0 aliphatic heterocycles. The lowest BCUT2D eigenvalue weighted by atomic mass is 10.2. The van der Waals surface area contributed by atoms with Gasteiger partial charge in [-0.1, -0.05) is 28.1 Å². The largest absolute Gasteiger partial charge is 0.282 e. The van der Waals surface area contributed by atoms with Crippen LogP contribution in [0.1, 0.15) is 21.7 Å². The van der Waals surface area contributed by atoms with E-state index < -0.39 is 10.0 Å². The summed E-state index contributed by atoms with van der Waals surface area (Å²) in [5.74, 6) is 0. The van der Waals surface area contributed by atoms with Crippen LogP contribution in [-0.4, -0.2) is 18.6 Å². The minimum absolute atomic E-state index is 0.243. The van der Waals surface area contributed by atoms with Crippen molar-refractivity contribution in [3.05, 3.63) is 56.5 Å². The van der Waals surface area contributed by atoms with Gasteiger partial charge in [0.1, 0.15) is 5.69 Å². The van der Waals surface area contributed by atoms with Gasteiger partial charge in [0, 0.05) is 21.6 Å². The first kappa shape index (κ1) is 18.3. The third-order valence-corrected chi connectivity index (χ3v) is 7.21. The number of nitrogens with one attached hydrogen (secondary N) is 2. The van der Waals surface area contributed by atoms with E-state index in [-0.39, 0.29) is 6.54 Å². The fraction of sp³-hybridized carbons (Fsp3) is 0.235. The molecule has 8 heteroatoms. The molecule has 3 rings (SSSR count). The van der Waals surface area contributed by atoms with E-state index in [9.17, 15) is 8.42 Å². The summed E-state index contributed by atoms with van der Waals surface area (Å²) in [5, 5.41) is 7.23. The topological polar surface area (TPSA) is 74.8 Å². The first-order valence-corrected chi connectivity index (χ1v) is 10.7. The summed E-state index contributed by atoms with van der Waals surface area (Å²) < 4.78 is 29.0. The van der Waals surface area contributed by atoms with Gasteiger partial charge in [0.25, 0.3) is 0 Å². The van der Waals surface area contributed by atoms with Gasteiger partial charge in [-0.3, -0.25) is 5.10 Å². The number of aromatic amines is 1. The van der Waals surface area contributed by atoms with E-state index in [1.54, 1.807) is 6.07 Å². The maximum atomic E-state index is 12.7. The van der Waals surface area contributed by atoms with E-state index >= 15 is 0 Å². The Morgan fingerprint density at radius 2 is 2.00 bits per heavy atom. The van der Waals surface area contributed by atoms with E-state index in [1.165, 1.54) is 11.3 Å². The SMILES string of the molecule is Cc1[nH]nc(-c2cc(S(=O)(=O)NCc3cccc(Br)c3)c(C)s2)c1C. The second-order valence-corrected chi connectivity index (χ2v) is 9.72. The molecule has 132 valence electrons. The van der Waals surface area contributed by atoms with Crippen LogP contribution in [0.15, 0.2) is 39.7 Å². The van der Waals surface area contributed by atoms with Crippen LogP contribution in [0.2, 0.25) is 0 Å². The highest BCUT2D eigenvalue weighted by Gasteiger charge is 2.22. The van der Waals surface area contributed by atoms with Crippen molar-refractivity contribution in [1.29, 1.82) is 0 Å². The number of aryl methyl sites for hydroxylation is 2. The normalized spacial score (nSPS) is 11.8. The summed E-state index contributed by atoms with van der Waals surface area (Å²) in [4.78, 5) is 1.90. The molecule has 25 heavy (non-hydrogen) atoms. The molecule has 0 aliphatic carbocycles. The van der Waals surface area contributed by atoms with E-state index in [4.69, 9.17) is 0 Å². The van der Waals surface area contributed by atoms with Crippen molar-refractivity contribution in [3.8, 4) is 10.6 Å². The van der Waals surface area contributed by atoms with Crippen molar-refractivity contribution in [2.75, 3.05) is 0 Å². The molecule has 3 aromatic rings. The molecule has 0 saturated carbocycles. The molecule has 0 aliphatic rings. The van der Waals surface area contributed by atoms with Crippen molar-refractivity contribution in [1.82, 2.24) is 14.9 Å². The van der Waals surface area contributed by atoms with Crippen LogP contribution < -0.4 is 4.72 Å². The zero-order valence-electron chi connectivity index (χ0n) is 14.1. The Bertz CT molecular complexity index is 1020. The Labute approximate surface area is 159 Å². The van der Waals surface area contributed by atoms with Gasteiger partial charge in [0.15, 0.2) is 0 Å². The van der Waals surface area contributed by atoms with Crippen molar-refractivity contribution >= 4 is 37.3 Å². The van der Waals surface area contributed by atoms with Gasteiger partial charge in [-0.15, -0.1) is 11.3 Å². The number of aromatic nitrogens is 2. The lowest BCUT2D eigenvalue weighted by Crippen LogP contribution is -2.23. The van der Waals surface area contributed by atoms with Gasteiger partial charge in [0.2, 0.25) is 10.0 Å². The average Bonchev–Trinajstić information content (AvgIpc) is 3.10. The highest BCUT2D eigenvalue weighted by molar-refractivity contribution is 9.10. The molecule has 5 nitrogen and oxygen atoms in total. The van der Waals surface area contributed by atoms with Crippen molar-refractivity contribution < 1.29 is 8.42 Å². The minimum atomic E-state index is -3.59. The van der Waals surface area contributed by atoms with Crippen molar-refractivity contribution in [2.24, 2.45) is 0 Å². The van der Waals surface area contributed by atoms with Crippen LogP contribution >= 0.6 is 27.3 Å². The molecule has 0 radical (unpaired) electrons. The molecule has 0 bridgehead atoms. The van der Waals surface area contributed by atoms with E-state index in [1.807, 2.05) is 45.0 Å². The van der Waals surface area contributed by atoms with E-state index in [0.717, 1.165) is 36.7 Å². The number of nitrogens with zero attached hydrogens (tertiary/aromatic N) is 1. The number of halogens is 1. The summed E-state index contributed by atoms with van der Waals surface area (Å²) >= 11 is 4.83. The lowest BCUT2D eigenvalue weighted by molar-refractivity contribution is 0.581. The van der Waals surface area contributed by atoms with Crippen molar-refractivity contribution in [2.45, 2.75) is 32.2 Å². The predicted octanol–water partition coefficient (Wildman–Crippen LogP) is 4.30. The Morgan fingerprint density at radius 1 is 1.24 bits per heavy atom. The van der Waals surface area contributed by atoms with Gasteiger partial charge >= 0.3 is 0 Å². The van der Waals surface area contributed by atoms with Gasteiger partial charge < -0.3 is 0 Å². The molecule has 0 amide bonds. The standard InChI is InChI=1S/C17H18BrN3O2S2/c1-10-11(2)20-21-17(10)15-8-16(12(3)24-15)25(22,23)19-9-13-5-4-6-14(18)7-13/h4-8,19H,9H2,1-3H3,(H,20,21). The molecular formula is C17H18BrN3O2S2. The molecule has 0 atom stereocenters. The molecule has 2 N–H and O–H groups in total. The minimum Gasteiger partial charge on any atom is -0.282 e. The predicted molar refractivity (Wildman–Crippen MR) is 104 cm³/mol. The van der Waals surface area contributed by atoms with Crippen LogP contribution in [-0.2, 0) is 16.6 Å². The summed E-state index contributed by atoms with van der Waals surface area (Å²) in [7, 11) is -3.59. The Hall–Kier alpha value is -1.48. The number of sulfonamides is 1. The van der Waals surface area contributed by atoms with Gasteiger partial charge in [-0.25, -0.2) is 13.1 Å².